The number of hydrogen-bond donors (Lipinski definition) is 1. The number of carbonyl (C=O) groups excluding carboxylic acids is 1. The first-order valence-corrected chi connectivity index (χ1v) is 11.1. The van der Waals surface area contributed by atoms with Gasteiger partial charge >= 0.3 is 0 Å². The Morgan fingerprint density at radius 2 is 1.77 bits per heavy atom. The van der Waals surface area contributed by atoms with Crippen molar-refractivity contribution in [2.75, 3.05) is 23.3 Å². The number of hydrogen-bond acceptors (Lipinski definition) is 4. The van der Waals surface area contributed by atoms with Gasteiger partial charge in [-0.2, -0.15) is 0 Å². The highest BCUT2D eigenvalue weighted by Crippen LogP contribution is 2.45. The maximum Gasteiger partial charge on any atom is 0.144 e. The lowest BCUT2D eigenvalue weighted by molar-refractivity contribution is -0.124. The molecule has 1 heterocycles. The predicted octanol–water partition coefficient (Wildman–Crippen LogP) is 6.09. The van der Waals surface area contributed by atoms with Crippen molar-refractivity contribution < 1.29 is 4.79 Å². The van der Waals surface area contributed by atoms with E-state index in [9.17, 15) is 4.79 Å². The first kappa shape index (κ1) is 20.6. The van der Waals surface area contributed by atoms with Gasteiger partial charge in [0.05, 0.1) is 23.3 Å². The minimum atomic E-state index is -0.218. The fraction of sp³-hybridized carbons (Fsp3) is 0.462. The van der Waals surface area contributed by atoms with E-state index in [1.807, 2.05) is 0 Å². The predicted molar refractivity (Wildman–Crippen MR) is 126 cm³/mol. The molecule has 2 aromatic carbocycles. The Morgan fingerprint density at radius 3 is 2.43 bits per heavy atom. The van der Waals surface area contributed by atoms with Crippen molar-refractivity contribution in [1.29, 1.82) is 0 Å². The SMILES string of the molecule is CCN(CC)c1ccc(C2Nc3cc(C)ccc3N=C3CC(C)(C)CC(=O)C32)cc1. The molecule has 1 aliphatic heterocycles. The molecule has 2 aliphatic rings. The van der Waals surface area contributed by atoms with Crippen molar-refractivity contribution in [2.24, 2.45) is 16.3 Å². The molecule has 0 aromatic heterocycles. The third-order valence-corrected chi connectivity index (χ3v) is 6.46. The molecule has 1 fully saturated rings. The molecule has 0 bridgehead atoms. The first-order valence-electron chi connectivity index (χ1n) is 11.1. The molecule has 0 radical (unpaired) electrons. The molecule has 1 saturated carbocycles. The van der Waals surface area contributed by atoms with Gasteiger partial charge in [0.25, 0.3) is 0 Å². The Hall–Kier alpha value is -2.62. The Kier molecular flexibility index (Phi) is 5.44. The van der Waals surface area contributed by atoms with Gasteiger partial charge < -0.3 is 10.2 Å². The zero-order chi connectivity index (χ0) is 21.5. The van der Waals surface area contributed by atoms with Crippen molar-refractivity contribution in [3.8, 4) is 0 Å². The van der Waals surface area contributed by atoms with E-state index in [0.29, 0.717) is 12.2 Å². The van der Waals surface area contributed by atoms with Crippen molar-refractivity contribution in [3.63, 3.8) is 0 Å². The van der Waals surface area contributed by atoms with E-state index < -0.39 is 0 Å². The van der Waals surface area contributed by atoms with Gasteiger partial charge in [-0.15, -0.1) is 0 Å². The normalized spacial score (nSPS) is 22.3. The van der Waals surface area contributed by atoms with Gasteiger partial charge in [-0.05, 0) is 68.0 Å². The Bertz CT molecular complexity index is 970. The monoisotopic (exact) mass is 403 g/mol. The molecule has 0 saturated heterocycles. The number of fused-ring (bicyclic) bond motifs is 2. The van der Waals surface area contributed by atoms with Crippen LogP contribution < -0.4 is 10.2 Å². The number of aliphatic imine (C=N–C) groups is 1. The van der Waals surface area contributed by atoms with Crippen LogP contribution in [0.4, 0.5) is 17.1 Å². The first-order chi connectivity index (χ1) is 14.3. The van der Waals surface area contributed by atoms with Crippen molar-refractivity contribution in [3.05, 3.63) is 53.6 Å². The lowest BCUT2D eigenvalue weighted by Crippen LogP contribution is -2.42. The Labute approximate surface area is 180 Å². The van der Waals surface area contributed by atoms with Gasteiger partial charge in [-0.25, -0.2) is 0 Å². The van der Waals surface area contributed by atoms with Gasteiger partial charge in [-0.3, -0.25) is 9.79 Å². The smallest absolute Gasteiger partial charge is 0.144 e. The third-order valence-electron chi connectivity index (χ3n) is 6.46. The Balaban J connectivity index is 1.78. The third kappa shape index (κ3) is 3.88. The molecule has 2 atom stereocenters. The summed E-state index contributed by atoms with van der Waals surface area (Å²) < 4.78 is 0. The van der Waals surface area contributed by atoms with Gasteiger partial charge in [0.1, 0.15) is 5.78 Å². The van der Waals surface area contributed by atoms with E-state index in [2.05, 4.69) is 87.3 Å². The van der Waals surface area contributed by atoms with Gasteiger partial charge in [-0.1, -0.05) is 32.0 Å². The Morgan fingerprint density at radius 1 is 1.07 bits per heavy atom. The van der Waals surface area contributed by atoms with Crippen LogP contribution in [0.25, 0.3) is 0 Å². The van der Waals surface area contributed by atoms with E-state index >= 15 is 0 Å². The van der Waals surface area contributed by atoms with Crippen LogP contribution >= 0.6 is 0 Å². The second kappa shape index (κ2) is 7.90. The number of benzene rings is 2. The number of carbonyl (C=O) groups is 1. The van der Waals surface area contributed by atoms with Crippen molar-refractivity contribution in [2.45, 2.75) is 53.5 Å². The highest BCUT2D eigenvalue weighted by atomic mass is 16.1. The summed E-state index contributed by atoms with van der Waals surface area (Å²) in [5.41, 5.74) is 6.48. The molecule has 2 unspecified atom stereocenters. The number of ketones is 1. The maximum absolute atomic E-state index is 13.3. The quantitative estimate of drug-likeness (QED) is 0.672. The van der Waals surface area contributed by atoms with E-state index in [1.54, 1.807) is 0 Å². The van der Waals surface area contributed by atoms with Gasteiger partial charge in [0.15, 0.2) is 0 Å². The average Bonchev–Trinajstić information content (AvgIpc) is 2.85. The molecular formula is C26H33N3O. The van der Waals surface area contributed by atoms with Crippen molar-refractivity contribution in [1.82, 2.24) is 0 Å². The minimum absolute atomic E-state index is 0.0429. The molecule has 4 nitrogen and oxygen atoms in total. The van der Waals surface area contributed by atoms with Crippen molar-refractivity contribution >= 4 is 28.6 Å². The van der Waals surface area contributed by atoms with E-state index in [-0.39, 0.29) is 17.4 Å². The van der Waals surface area contributed by atoms with Crippen LogP contribution in [0, 0.1) is 18.3 Å². The number of Topliss-reactive ketones (excluding diaryl/α,β-unsaturated/α-hetero) is 1. The second-order valence-corrected chi connectivity index (χ2v) is 9.47. The number of nitrogens with one attached hydrogen (secondary N) is 1. The van der Waals surface area contributed by atoms with Gasteiger partial charge in [0, 0.05) is 30.9 Å². The lowest BCUT2D eigenvalue weighted by atomic mass is 9.68. The zero-order valence-electron chi connectivity index (χ0n) is 18.8. The molecule has 0 spiro atoms. The molecular weight excluding hydrogens is 370 g/mol. The fourth-order valence-electron chi connectivity index (χ4n) is 4.94. The fourth-order valence-corrected chi connectivity index (χ4v) is 4.94. The van der Waals surface area contributed by atoms with E-state index in [0.717, 1.165) is 42.2 Å². The molecule has 30 heavy (non-hydrogen) atoms. The summed E-state index contributed by atoms with van der Waals surface area (Å²) in [7, 11) is 0. The standard InChI is InChI=1S/C26H33N3O/c1-6-29(7-2)19-11-9-18(10-12-19)25-24-22(15-26(4,5)16-23(24)30)27-20-13-8-17(3)14-21(20)28-25/h8-14,24-25,28H,6-7,15-16H2,1-5H3. The van der Waals surface area contributed by atoms with Crippen LogP contribution in [0.3, 0.4) is 0 Å². The molecule has 1 aliphatic carbocycles. The van der Waals surface area contributed by atoms with Crippen LogP contribution in [-0.4, -0.2) is 24.6 Å². The number of anilines is 2. The minimum Gasteiger partial charge on any atom is -0.375 e. The zero-order valence-corrected chi connectivity index (χ0v) is 18.8. The van der Waals surface area contributed by atoms with Crippen LogP contribution in [-0.2, 0) is 4.79 Å². The van der Waals surface area contributed by atoms with Crippen LogP contribution in [0.5, 0.6) is 0 Å². The highest BCUT2D eigenvalue weighted by molar-refractivity contribution is 6.10. The topological polar surface area (TPSA) is 44.7 Å². The summed E-state index contributed by atoms with van der Waals surface area (Å²) in [6, 6.07) is 14.9. The van der Waals surface area contributed by atoms with Crippen LogP contribution in [0.1, 0.15) is 57.7 Å². The summed E-state index contributed by atoms with van der Waals surface area (Å²) in [6.07, 6.45) is 1.45. The van der Waals surface area contributed by atoms with Crippen LogP contribution in [0.15, 0.2) is 47.5 Å². The largest absolute Gasteiger partial charge is 0.375 e. The molecule has 158 valence electrons. The summed E-state index contributed by atoms with van der Waals surface area (Å²) in [5, 5.41) is 3.70. The molecule has 1 N–H and O–H groups in total. The summed E-state index contributed by atoms with van der Waals surface area (Å²) >= 11 is 0. The highest BCUT2D eigenvalue weighted by Gasteiger charge is 2.43. The van der Waals surface area contributed by atoms with Crippen LogP contribution in [0.2, 0.25) is 0 Å². The number of nitrogens with zero attached hydrogens (tertiary/aromatic N) is 2. The van der Waals surface area contributed by atoms with Gasteiger partial charge in [0.2, 0.25) is 0 Å². The maximum atomic E-state index is 13.3. The second-order valence-electron chi connectivity index (χ2n) is 9.47. The molecule has 4 heteroatoms. The van der Waals surface area contributed by atoms with E-state index in [1.165, 1.54) is 11.3 Å². The number of rotatable bonds is 4. The molecule has 2 aromatic rings. The average molecular weight is 404 g/mol. The summed E-state index contributed by atoms with van der Waals surface area (Å²) in [5.74, 6) is 0.0740. The number of aryl methyl sites for hydroxylation is 1. The molecule has 4 rings (SSSR count). The molecule has 0 amide bonds. The summed E-state index contributed by atoms with van der Waals surface area (Å²) in [6.45, 7) is 12.8. The van der Waals surface area contributed by atoms with E-state index in [4.69, 9.17) is 4.99 Å². The summed E-state index contributed by atoms with van der Waals surface area (Å²) in [4.78, 5) is 20.7. The lowest BCUT2D eigenvalue weighted by Gasteiger charge is -2.37.